The number of nitriles is 1. The van der Waals surface area contributed by atoms with Gasteiger partial charge in [0.2, 0.25) is 5.92 Å². The molecule has 162 valence electrons. The number of hydrogen-bond acceptors (Lipinski definition) is 5. The lowest BCUT2D eigenvalue weighted by molar-refractivity contribution is -0.0208. The molecule has 1 aromatic rings. The molecule has 0 saturated carbocycles. The molecule has 0 spiro atoms. The molecule has 1 aliphatic rings. The number of nitrogens with zero attached hydrogens (tertiary/aromatic N) is 2. The quantitative estimate of drug-likeness (QED) is 0.425. The van der Waals surface area contributed by atoms with Gasteiger partial charge in [0.15, 0.2) is 0 Å². The fraction of sp³-hybridized carbons (Fsp3) is 0.714. The zero-order valence-electron chi connectivity index (χ0n) is 17.6. The molecule has 0 saturated heterocycles. The first-order chi connectivity index (χ1) is 13.6. The van der Waals surface area contributed by atoms with E-state index in [9.17, 15) is 13.3 Å². The smallest absolute Gasteiger partial charge is 0.248 e. The Kier molecular flexibility index (Phi) is 8.68. The van der Waals surface area contributed by atoms with E-state index in [1.807, 2.05) is 12.1 Å². The van der Waals surface area contributed by atoms with E-state index in [1.54, 1.807) is 20.8 Å². The Morgan fingerprint density at radius 3 is 2.76 bits per heavy atom. The van der Waals surface area contributed by atoms with E-state index in [-0.39, 0.29) is 19.3 Å². The molecule has 1 unspecified atom stereocenters. The molecule has 1 aliphatic heterocycles. The van der Waals surface area contributed by atoms with Gasteiger partial charge < -0.3 is 9.87 Å². The Hall–Kier alpha value is -1.43. The highest BCUT2D eigenvalue weighted by Gasteiger charge is 2.33. The lowest BCUT2D eigenvalue weighted by atomic mass is 10.0. The maximum absolute atomic E-state index is 14.2. The normalized spacial score (nSPS) is 16.4. The van der Waals surface area contributed by atoms with Crippen LogP contribution in [0.25, 0.3) is 0 Å². The van der Waals surface area contributed by atoms with E-state index in [0.29, 0.717) is 19.3 Å². The van der Waals surface area contributed by atoms with Crippen molar-refractivity contribution in [2.24, 2.45) is 0 Å². The predicted octanol–water partition coefficient (Wildman–Crippen LogP) is 4.51. The number of halogens is 2. The number of hydrogen-bond donors (Lipinski definition) is 2. The number of fused-ring (bicyclic) bond motifs is 1. The standard InChI is InChI=1S/C21H32F2N4OS/c1-20(2,3)29(28)27-18(15-24)11-13-21(22,23)12-5-4-8-17-10-9-16-7-6-14-25-19(16)26-17/h9-10,18,27H,4-8,11-14H2,1-3H3,(H,25,26)/t18?,29-/m0/s1. The Balaban J connectivity index is 1.71. The van der Waals surface area contributed by atoms with Gasteiger partial charge in [-0.2, -0.15) is 5.26 Å². The molecule has 0 aliphatic carbocycles. The summed E-state index contributed by atoms with van der Waals surface area (Å²) < 4.78 is 42.6. The molecule has 1 aromatic heterocycles. The van der Waals surface area contributed by atoms with Crippen LogP contribution in [0.3, 0.4) is 0 Å². The molecular weight excluding hydrogens is 394 g/mol. The van der Waals surface area contributed by atoms with Crippen LogP contribution in [-0.4, -0.2) is 32.8 Å². The van der Waals surface area contributed by atoms with Crippen molar-refractivity contribution in [3.63, 3.8) is 0 Å². The van der Waals surface area contributed by atoms with Crippen molar-refractivity contribution in [1.29, 1.82) is 5.26 Å². The monoisotopic (exact) mass is 426 g/mol. The van der Waals surface area contributed by atoms with E-state index >= 15 is 0 Å². The molecule has 2 atom stereocenters. The van der Waals surface area contributed by atoms with Crippen LogP contribution in [0.2, 0.25) is 0 Å². The van der Waals surface area contributed by atoms with Gasteiger partial charge in [0, 0.05) is 36.4 Å². The van der Waals surface area contributed by atoms with Crippen LogP contribution in [0, 0.1) is 11.3 Å². The number of alkyl halides is 2. The summed E-state index contributed by atoms with van der Waals surface area (Å²) in [4.78, 5) is 4.59. The summed E-state index contributed by atoms with van der Waals surface area (Å²) in [5.41, 5.74) is 2.15. The van der Waals surface area contributed by atoms with Crippen molar-refractivity contribution >= 4 is 17.2 Å². The van der Waals surface area contributed by atoms with Crippen LogP contribution in [0.15, 0.2) is 12.1 Å². The fourth-order valence-electron chi connectivity index (χ4n) is 3.13. The highest BCUT2D eigenvalue weighted by molar-refractivity contribution is 7.90. The minimum absolute atomic E-state index is 0.0244. The summed E-state index contributed by atoms with van der Waals surface area (Å²) in [5, 5.41) is 12.4. The van der Waals surface area contributed by atoms with Crippen LogP contribution >= 0.6 is 0 Å². The highest BCUT2D eigenvalue weighted by Crippen LogP contribution is 2.28. The largest absolute Gasteiger partial charge is 0.598 e. The topological polar surface area (TPSA) is 83.8 Å². The Morgan fingerprint density at radius 1 is 1.31 bits per heavy atom. The summed E-state index contributed by atoms with van der Waals surface area (Å²) in [6.07, 6.45) is 3.24. The molecule has 0 amide bonds. The van der Waals surface area contributed by atoms with E-state index in [4.69, 9.17) is 5.26 Å². The van der Waals surface area contributed by atoms with Crippen molar-refractivity contribution in [2.45, 2.75) is 88.8 Å². The molecular formula is C21H32F2N4OS. The van der Waals surface area contributed by atoms with Crippen molar-refractivity contribution in [2.75, 3.05) is 11.9 Å². The first-order valence-electron chi connectivity index (χ1n) is 10.3. The molecule has 2 rings (SSSR count). The first-order valence-corrected chi connectivity index (χ1v) is 11.4. The lowest BCUT2D eigenvalue weighted by Crippen LogP contribution is -2.44. The molecule has 8 heteroatoms. The lowest BCUT2D eigenvalue weighted by Gasteiger charge is -2.26. The van der Waals surface area contributed by atoms with Gasteiger partial charge in [-0.05, 0) is 70.9 Å². The van der Waals surface area contributed by atoms with Gasteiger partial charge in [-0.1, -0.05) is 6.07 Å². The Bertz CT molecular complexity index is 703. The minimum Gasteiger partial charge on any atom is -0.598 e. The molecule has 0 fully saturated rings. The number of aromatic nitrogens is 1. The van der Waals surface area contributed by atoms with Gasteiger partial charge in [-0.3, -0.25) is 0 Å². The summed E-state index contributed by atoms with van der Waals surface area (Å²) in [7, 11) is 0. The zero-order chi connectivity index (χ0) is 21.5. The fourth-order valence-corrected chi connectivity index (χ4v) is 3.92. The third-order valence-electron chi connectivity index (χ3n) is 4.94. The number of unbranched alkanes of at least 4 members (excludes halogenated alkanes) is 1. The summed E-state index contributed by atoms with van der Waals surface area (Å²) in [6, 6.07) is 5.17. The summed E-state index contributed by atoms with van der Waals surface area (Å²) in [6.45, 7) is 6.24. The molecule has 0 radical (unpaired) electrons. The van der Waals surface area contributed by atoms with Crippen LogP contribution < -0.4 is 10.0 Å². The Morgan fingerprint density at radius 2 is 2.07 bits per heavy atom. The van der Waals surface area contributed by atoms with E-state index < -0.39 is 28.1 Å². The van der Waals surface area contributed by atoms with Gasteiger partial charge in [-0.15, -0.1) is 4.72 Å². The summed E-state index contributed by atoms with van der Waals surface area (Å²) in [5.74, 6) is -1.90. The maximum Gasteiger partial charge on any atom is 0.248 e. The van der Waals surface area contributed by atoms with Crippen molar-refractivity contribution in [3.8, 4) is 6.07 Å². The first kappa shape index (κ1) is 23.8. The van der Waals surface area contributed by atoms with Crippen molar-refractivity contribution in [1.82, 2.24) is 9.71 Å². The minimum atomic E-state index is -2.83. The predicted molar refractivity (Wildman–Crippen MR) is 113 cm³/mol. The number of rotatable bonds is 10. The summed E-state index contributed by atoms with van der Waals surface area (Å²) >= 11 is -1.45. The molecule has 5 nitrogen and oxygen atoms in total. The number of pyridine rings is 1. The van der Waals surface area contributed by atoms with Crippen LogP contribution in [0.4, 0.5) is 14.6 Å². The average molecular weight is 427 g/mol. The average Bonchev–Trinajstić information content (AvgIpc) is 2.67. The van der Waals surface area contributed by atoms with Gasteiger partial charge in [0.25, 0.3) is 0 Å². The van der Waals surface area contributed by atoms with Crippen LogP contribution in [-0.2, 0) is 24.2 Å². The molecule has 29 heavy (non-hydrogen) atoms. The Labute approximate surface area is 176 Å². The van der Waals surface area contributed by atoms with Gasteiger partial charge >= 0.3 is 0 Å². The second-order valence-corrected chi connectivity index (χ2v) is 10.6. The number of nitrogens with one attached hydrogen (secondary N) is 2. The van der Waals surface area contributed by atoms with Gasteiger partial charge in [-0.25, -0.2) is 13.8 Å². The van der Waals surface area contributed by atoms with E-state index in [0.717, 1.165) is 30.9 Å². The molecule has 2 heterocycles. The second-order valence-electron chi connectivity index (χ2n) is 8.62. The van der Waals surface area contributed by atoms with Crippen molar-refractivity contribution in [3.05, 3.63) is 23.4 Å². The maximum atomic E-state index is 14.2. The molecule has 2 N–H and O–H groups in total. The van der Waals surface area contributed by atoms with Gasteiger partial charge in [0.05, 0.1) is 6.07 Å². The zero-order valence-corrected chi connectivity index (χ0v) is 18.4. The highest BCUT2D eigenvalue weighted by atomic mass is 32.2. The molecule has 0 bridgehead atoms. The number of aryl methyl sites for hydroxylation is 2. The van der Waals surface area contributed by atoms with Crippen LogP contribution in [0.5, 0.6) is 0 Å². The van der Waals surface area contributed by atoms with Crippen LogP contribution in [0.1, 0.15) is 70.6 Å². The number of anilines is 1. The molecule has 0 aromatic carbocycles. The second kappa shape index (κ2) is 10.6. The van der Waals surface area contributed by atoms with E-state index in [1.165, 1.54) is 5.56 Å². The third-order valence-corrected chi connectivity index (χ3v) is 6.55. The SMILES string of the molecule is CC(C)(C)[S@+]([O-])NC(C#N)CCC(F)(F)CCCCc1ccc2c(n1)NCCC2. The van der Waals surface area contributed by atoms with E-state index in [2.05, 4.69) is 21.1 Å². The van der Waals surface area contributed by atoms with Crippen molar-refractivity contribution < 1.29 is 13.3 Å². The third kappa shape index (κ3) is 8.07. The van der Waals surface area contributed by atoms with Gasteiger partial charge in [0.1, 0.15) is 16.6 Å².